The van der Waals surface area contributed by atoms with Crippen LogP contribution in [0.25, 0.3) is 5.78 Å². The lowest BCUT2D eigenvalue weighted by molar-refractivity contribution is -0.143. The zero-order valence-electron chi connectivity index (χ0n) is 12.2. The number of fused-ring (bicyclic) bond motifs is 1. The second-order valence-corrected chi connectivity index (χ2v) is 4.35. The first-order valence-electron chi connectivity index (χ1n) is 6.68. The highest BCUT2D eigenvalue weighted by Gasteiger charge is 2.21. The molecule has 8 heteroatoms. The summed E-state index contributed by atoms with van der Waals surface area (Å²) >= 11 is 0. The molecule has 0 atom stereocenters. The third-order valence-corrected chi connectivity index (χ3v) is 3.07. The predicted octanol–water partition coefficient (Wildman–Crippen LogP) is 0.458. The first-order valence-corrected chi connectivity index (χ1v) is 6.68. The summed E-state index contributed by atoms with van der Waals surface area (Å²) in [6, 6.07) is 0. The van der Waals surface area contributed by atoms with E-state index >= 15 is 0 Å². The molecule has 0 aliphatic heterocycles. The van der Waals surface area contributed by atoms with Gasteiger partial charge in [0, 0.05) is 12.7 Å². The van der Waals surface area contributed by atoms with E-state index in [2.05, 4.69) is 15.1 Å². The number of nitrogens with zero attached hydrogens (tertiary/aromatic N) is 5. The SMILES string of the molecule is CCOC(=O)CN(CC)C(=O)c1cnc2ncnn2c1C. The van der Waals surface area contributed by atoms with Crippen molar-refractivity contribution in [3.05, 3.63) is 23.8 Å². The standard InChI is InChI=1S/C13H17N5O3/c1-4-17(7-11(19)21-5-2)12(20)10-6-14-13-15-8-16-18(13)9(10)3/h6,8H,4-5,7H2,1-3H3. The lowest BCUT2D eigenvalue weighted by atomic mass is 10.2. The number of aromatic nitrogens is 4. The zero-order valence-corrected chi connectivity index (χ0v) is 12.2. The van der Waals surface area contributed by atoms with E-state index < -0.39 is 5.97 Å². The Morgan fingerprint density at radius 2 is 2.10 bits per heavy atom. The molecule has 2 heterocycles. The minimum absolute atomic E-state index is 0.0853. The third kappa shape index (κ3) is 2.99. The number of likely N-dealkylation sites (N-methyl/N-ethyl adjacent to an activating group) is 1. The first kappa shape index (κ1) is 14.9. The quantitative estimate of drug-likeness (QED) is 0.743. The number of ether oxygens (including phenoxy) is 1. The predicted molar refractivity (Wildman–Crippen MR) is 73.7 cm³/mol. The van der Waals surface area contributed by atoms with Gasteiger partial charge in [-0.2, -0.15) is 10.1 Å². The molecule has 0 fully saturated rings. The van der Waals surface area contributed by atoms with Crippen molar-refractivity contribution >= 4 is 17.7 Å². The van der Waals surface area contributed by atoms with Gasteiger partial charge < -0.3 is 9.64 Å². The number of carbonyl (C=O) groups is 2. The van der Waals surface area contributed by atoms with Gasteiger partial charge in [0.25, 0.3) is 11.7 Å². The van der Waals surface area contributed by atoms with Gasteiger partial charge in [0.05, 0.1) is 17.9 Å². The average Bonchev–Trinajstić information content (AvgIpc) is 2.94. The van der Waals surface area contributed by atoms with Crippen LogP contribution in [0.15, 0.2) is 12.5 Å². The average molecular weight is 291 g/mol. The Morgan fingerprint density at radius 3 is 2.76 bits per heavy atom. The van der Waals surface area contributed by atoms with Crippen LogP contribution < -0.4 is 0 Å². The lowest BCUT2D eigenvalue weighted by Gasteiger charge is -2.20. The van der Waals surface area contributed by atoms with Gasteiger partial charge in [-0.05, 0) is 20.8 Å². The Labute approximate surface area is 121 Å². The molecule has 0 unspecified atom stereocenters. The van der Waals surface area contributed by atoms with E-state index in [9.17, 15) is 9.59 Å². The normalized spacial score (nSPS) is 10.6. The van der Waals surface area contributed by atoms with Crippen molar-refractivity contribution in [3.8, 4) is 0 Å². The molecular weight excluding hydrogens is 274 g/mol. The van der Waals surface area contributed by atoms with Crippen LogP contribution in [0, 0.1) is 6.92 Å². The smallest absolute Gasteiger partial charge is 0.325 e. The van der Waals surface area contributed by atoms with Crippen LogP contribution in [0.1, 0.15) is 29.9 Å². The number of aryl methyl sites for hydroxylation is 1. The summed E-state index contributed by atoms with van der Waals surface area (Å²) in [6.45, 7) is 5.88. The van der Waals surface area contributed by atoms with Gasteiger partial charge in [0.1, 0.15) is 12.9 Å². The summed E-state index contributed by atoms with van der Waals surface area (Å²) in [5.41, 5.74) is 1.02. The van der Waals surface area contributed by atoms with Crippen molar-refractivity contribution in [1.29, 1.82) is 0 Å². The van der Waals surface area contributed by atoms with Crippen molar-refractivity contribution in [3.63, 3.8) is 0 Å². The van der Waals surface area contributed by atoms with Crippen LogP contribution in [-0.4, -0.2) is 56.1 Å². The molecule has 2 aromatic rings. The van der Waals surface area contributed by atoms with Crippen molar-refractivity contribution in [2.75, 3.05) is 19.7 Å². The Kier molecular flexibility index (Phi) is 4.46. The Balaban J connectivity index is 2.26. The molecule has 0 aromatic carbocycles. The molecule has 2 rings (SSSR count). The van der Waals surface area contributed by atoms with Crippen molar-refractivity contribution in [2.45, 2.75) is 20.8 Å². The van der Waals surface area contributed by atoms with Gasteiger partial charge in [-0.1, -0.05) is 0 Å². The number of amides is 1. The Morgan fingerprint density at radius 1 is 1.33 bits per heavy atom. The van der Waals surface area contributed by atoms with Crippen molar-refractivity contribution in [2.24, 2.45) is 0 Å². The number of carbonyl (C=O) groups excluding carboxylic acids is 2. The highest BCUT2D eigenvalue weighted by atomic mass is 16.5. The number of rotatable bonds is 5. The third-order valence-electron chi connectivity index (χ3n) is 3.07. The summed E-state index contributed by atoms with van der Waals surface area (Å²) < 4.78 is 6.36. The highest BCUT2D eigenvalue weighted by molar-refractivity contribution is 5.96. The fraction of sp³-hybridized carbons (Fsp3) is 0.462. The molecule has 21 heavy (non-hydrogen) atoms. The second kappa shape index (κ2) is 6.29. The van der Waals surface area contributed by atoms with E-state index in [1.54, 1.807) is 20.8 Å². The molecule has 112 valence electrons. The van der Waals surface area contributed by atoms with Crippen LogP contribution in [0.2, 0.25) is 0 Å². The molecule has 1 amide bonds. The van der Waals surface area contributed by atoms with Gasteiger partial charge in [-0.15, -0.1) is 0 Å². The molecule has 8 nitrogen and oxygen atoms in total. The summed E-state index contributed by atoms with van der Waals surface area (Å²) in [4.78, 5) is 33.5. The maximum absolute atomic E-state index is 12.5. The van der Waals surface area contributed by atoms with E-state index in [-0.39, 0.29) is 19.1 Å². The Hall–Kier alpha value is -2.51. The fourth-order valence-corrected chi connectivity index (χ4v) is 1.96. The molecule has 0 N–H and O–H groups in total. The number of hydrogen-bond acceptors (Lipinski definition) is 6. The van der Waals surface area contributed by atoms with E-state index in [1.165, 1.54) is 21.9 Å². The molecule has 2 aromatic heterocycles. The van der Waals surface area contributed by atoms with Crippen molar-refractivity contribution in [1.82, 2.24) is 24.5 Å². The molecule has 0 radical (unpaired) electrons. The summed E-state index contributed by atoms with van der Waals surface area (Å²) in [5, 5.41) is 4.02. The molecular formula is C13H17N5O3. The van der Waals surface area contributed by atoms with E-state index in [0.717, 1.165) is 0 Å². The fourth-order valence-electron chi connectivity index (χ4n) is 1.96. The van der Waals surface area contributed by atoms with Crippen molar-refractivity contribution < 1.29 is 14.3 Å². The van der Waals surface area contributed by atoms with E-state index in [1.807, 2.05) is 0 Å². The Bertz CT molecular complexity index is 667. The van der Waals surface area contributed by atoms with Gasteiger partial charge in [-0.3, -0.25) is 9.59 Å². The minimum atomic E-state index is -0.430. The molecule has 0 bridgehead atoms. The first-order chi connectivity index (χ1) is 10.1. The molecule has 0 aliphatic carbocycles. The molecule has 0 saturated heterocycles. The zero-order chi connectivity index (χ0) is 15.4. The molecule has 0 saturated carbocycles. The number of hydrogen-bond donors (Lipinski definition) is 0. The maximum Gasteiger partial charge on any atom is 0.325 e. The van der Waals surface area contributed by atoms with Crippen LogP contribution in [0.5, 0.6) is 0 Å². The van der Waals surface area contributed by atoms with E-state index in [4.69, 9.17) is 4.74 Å². The molecule has 0 spiro atoms. The number of esters is 1. The van der Waals surface area contributed by atoms with Gasteiger partial charge in [-0.25, -0.2) is 9.50 Å². The maximum atomic E-state index is 12.5. The molecule has 0 aliphatic rings. The second-order valence-electron chi connectivity index (χ2n) is 4.35. The van der Waals surface area contributed by atoms with Gasteiger partial charge in [0.2, 0.25) is 0 Å². The highest BCUT2D eigenvalue weighted by Crippen LogP contribution is 2.11. The monoisotopic (exact) mass is 291 g/mol. The topological polar surface area (TPSA) is 89.7 Å². The van der Waals surface area contributed by atoms with Gasteiger partial charge in [0.15, 0.2) is 0 Å². The summed E-state index contributed by atoms with van der Waals surface area (Å²) in [7, 11) is 0. The van der Waals surface area contributed by atoms with Crippen LogP contribution in [0.4, 0.5) is 0 Å². The lowest BCUT2D eigenvalue weighted by Crippen LogP contribution is -2.37. The largest absolute Gasteiger partial charge is 0.465 e. The summed E-state index contributed by atoms with van der Waals surface area (Å²) in [5.74, 6) is -0.286. The van der Waals surface area contributed by atoms with Gasteiger partial charge >= 0.3 is 5.97 Å². The summed E-state index contributed by atoms with van der Waals surface area (Å²) in [6.07, 6.45) is 2.83. The minimum Gasteiger partial charge on any atom is -0.465 e. The van der Waals surface area contributed by atoms with Crippen LogP contribution in [0.3, 0.4) is 0 Å². The van der Waals surface area contributed by atoms with Crippen LogP contribution >= 0.6 is 0 Å². The van der Waals surface area contributed by atoms with E-state index in [0.29, 0.717) is 23.6 Å². The van der Waals surface area contributed by atoms with Crippen LogP contribution in [-0.2, 0) is 9.53 Å².